The first-order chi connectivity index (χ1) is 9.56. The second kappa shape index (κ2) is 6.95. The minimum Gasteiger partial charge on any atom is -0.492 e. The van der Waals surface area contributed by atoms with Gasteiger partial charge in [-0.15, -0.1) is 0 Å². The summed E-state index contributed by atoms with van der Waals surface area (Å²) in [4.78, 5) is 12.0. The van der Waals surface area contributed by atoms with Crippen molar-refractivity contribution in [2.24, 2.45) is 11.8 Å². The van der Waals surface area contributed by atoms with Crippen LogP contribution in [0.15, 0.2) is 18.2 Å². The van der Waals surface area contributed by atoms with Gasteiger partial charge in [-0.1, -0.05) is 25.4 Å². The minimum absolute atomic E-state index is 0.0434. The first kappa shape index (κ1) is 15.1. The summed E-state index contributed by atoms with van der Waals surface area (Å²) in [7, 11) is 0. The number of halogens is 1. The Morgan fingerprint density at radius 2 is 2.35 bits per heavy atom. The Morgan fingerprint density at radius 3 is 2.95 bits per heavy atom. The molecule has 4 nitrogen and oxygen atoms in total. The van der Waals surface area contributed by atoms with Crippen molar-refractivity contribution in [3.8, 4) is 5.75 Å². The van der Waals surface area contributed by atoms with Gasteiger partial charge in [-0.2, -0.15) is 0 Å². The van der Waals surface area contributed by atoms with E-state index in [2.05, 4.69) is 24.5 Å². The molecule has 1 aromatic rings. The Labute approximate surface area is 124 Å². The van der Waals surface area contributed by atoms with Gasteiger partial charge in [-0.3, -0.25) is 4.79 Å². The zero-order chi connectivity index (χ0) is 14.5. The first-order valence-electron chi connectivity index (χ1n) is 7.00. The molecule has 1 unspecified atom stereocenters. The summed E-state index contributed by atoms with van der Waals surface area (Å²) in [5.41, 5.74) is 0.712. The van der Waals surface area contributed by atoms with E-state index in [1.54, 1.807) is 12.1 Å². The summed E-state index contributed by atoms with van der Waals surface area (Å²) in [6.07, 6.45) is 0.884. The van der Waals surface area contributed by atoms with Crippen LogP contribution in [0.4, 0.5) is 5.69 Å². The van der Waals surface area contributed by atoms with Gasteiger partial charge >= 0.3 is 0 Å². The molecule has 1 saturated heterocycles. The summed E-state index contributed by atoms with van der Waals surface area (Å²) in [5.74, 6) is 1.19. The molecule has 5 heteroatoms. The number of hydrogen-bond acceptors (Lipinski definition) is 3. The Hall–Kier alpha value is -1.26. The van der Waals surface area contributed by atoms with Crippen molar-refractivity contribution in [3.63, 3.8) is 0 Å². The van der Waals surface area contributed by atoms with Gasteiger partial charge in [0.05, 0.1) is 17.5 Å². The molecule has 2 rings (SSSR count). The highest BCUT2D eigenvalue weighted by Gasteiger charge is 2.22. The van der Waals surface area contributed by atoms with Crippen LogP contribution >= 0.6 is 11.6 Å². The fourth-order valence-corrected chi connectivity index (χ4v) is 2.31. The number of hydrogen-bond donors (Lipinski definition) is 2. The summed E-state index contributed by atoms with van der Waals surface area (Å²) >= 11 is 6.17. The number of amides is 1. The maximum Gasteiger partial charge on any atom is 0.228 e. The molecule has 1 aliphatic heterocycles. The topological polar surface area (TPSA) is 50.4 Å². The van der Waals surface area contributed by atoms with Gasteiger partial charge in [0.15, 0.2) is 0 Å². The zero-order valence-corrected chi connectivity index (χ0v) is 12.7. The molecule has 1 heterocycles. The Kier molecular flexibility index (Phi) is 5.26. The van der Waals surface area contributed by atoms with Gasteiger partial charge in [-0.25, -0.2) is 0 Å². The van der Waals surface area contributed by atoms with Crippen molar-refractivity contribution in [2.75, 3.05) is 25.0 Å². The van der Waals surface area contributed by atoms with Crippen molar-refractivity contribution in [1.82, 2.24) is 5.32 Å². The lowest BCUT2D eigenvalue weighted by molar-refractivity contribution is -0.119. The van der Waals surface area contributed by atoms with Crippen molar-refractivity contribution in [2.45, 2.75) is 20.3 Å². The van der Waals surface area contributed by atoms with Crippen LogP contribution in [-0.4, -0.2) is 25.6 Å². The molecule has 0 radical (unpaired) electrons. The number of ether oxygens (including phenoxy) is 1. The van der Waals surface area contributed by atoms with E-state index in [4.69, 9.17) is 16.3 Å². The zero-order valence-electron chi connectivity index (χ0n) is 11.9. The maximum atomic E-state index is 12.0. The number of anilines is 1. The molecule has 0 saturated carbocycles. The molecule has 0 aromatic heterocycles. The highest BCUT2D eigenvalue weighted by Crippen LogP contribution is 2.28. The largest absolute Gasteiger partial charge is 0.492 e. The molecule has 0 bridgehead atoms. The SMILES string of the molecule is CC(C)COc1ccc(NC(=O)C2CCNC2)cc1Cl. The van der Waals surface area contributed by atoms with Crippen LogP contribution in [0, 0.1) is 11.8 Å². The molecule has 0 aliphatic carbocycles. The molecule has 1 aliphatic rings. The number of carbonyl (C=O) groups is 1. The highest BCUT2D eigenvalue weighted by atomic mass is 35.5. The van der Waals surface area contributed by atoms with Gasteiger partial charge in [0, 0.05) is 12.2 Å². The normalized spacial score (nSPS) is 18.3. The summed E-state index contributed by atoms with van der Waals surface area (Å²) in [5, 5.41) is 6.60. The van der Waals surface area contributed by atoms with E-state index in [0.717, 1.165) is 19.5 Å². The van der Waals surface area contributed by atoms with Crippen LogP contribution in [0.3, 0.4) is 0 Å². The Bertz CT molecular complexity index is 471. The number of benzene rings is 1. The maximum absolute atomic E-state index is 12.0. The third-order valence-corrected chi connectivity index (χ3v) is 3.50. The van der Waals surface area contributed by atoms with Gasteiger partial charge in [0.25, 0.3) is 0 Å². The predicted molar refractivity (Wildman–Crippen MR) is 81.4 cm³/mol. The molecule has 1 atom stereocenters. The third kappa shape index (κ3) is 4.12. The Balaban J connectivity index is 1.95. The molecule has 1 aromatic carbocycles. The van der Waals surface area contributed by atoms with Crippen LogP contribution in [0.1, 0.15) is 20.3 Å². The lowest BCUT2D eigenvalue weighted by Gasteiger charge is -2.13. The Morgan fingerprint density at radius 1 is 1.55 bits per heavy atom. The van der Waals surface area contributed by atoms with Gasteiger partial charge < -0.3 is 15.4 Å². The van der Waals surface area contributed by atoms with Gasteiger partial charge in [-0.05, 0) is 37.1 Å². The van der Waals surface area contributed by atoms with E-state index in [9.17, 15) is 4.79 Å². The standard InChI is InChI=1S/C15H21ClN2O2/c1-10(2)9-20-14-4-3-12(7-13(14)16)18-15(19)11-5-6-17-8-11/h3-4,7,10-11,17H,5-6,8-9H2,1-2H3,(H,18,19). The van der Waals surface area contributed by atoms with Gasteiger partial charge in [0.2, 0.25) is 5.91 Å². The average Bonchev–Trinajstić information content (AvgIpc) is 2.91. The van der Waals surface area contributed by atoms with Crippen molar-refractivity contribution in [1.29, 1.82) is 0 Å². The first-order valence-corrected chi connectivity index (χ1v) is 7.38. The molecule has 1 amide bonds. The lowest BCUT2D eigenvalue weighted by Crippen LogP contribution is -2.24. The van der Waals surface area contributed by atoms with Crippen LogP contribution in [0.25, 0.3) is 0 Å². The minimum atomic E-state index is 0.0434. The quantitative estimate of drug-likeness (QED) is 0.878. The highest BCUT2D eigenvalue weighted by molar-refractivity contribution is 6.32. The smallest absolute Gasteiger partial charge is 0.228 e. The molecular weight excluding hydrogens is 276 g/mol. The lowest BCUT2D eigenvalue weighted by atomic mass is 10.1. The summed E-state index contributed by atoms with van der Waals surface area (Å²) in [6, 6.07) is 5.35. The van der Waals surface area contributed by atoms with E-state index >= 15 is 0 Å². The van der Waals surface area contributed by atoms with E-state index in [-0.39, 0.29) is 11.8 Å². The monoisotopic (exact) mass is 296 g/mol. The van der Waals surface area contributed by atoms with Crippen LogP contribution < -0.4 is 15.4 Å². The number of nitrogens with one attached hydrogen (secondary N) is 2. The molecule has 0 spiro atoms. The van der Waals surface area contributed by atoms with E-state index in [1.165, 1.54) is 0 Å². The van der Waals surface area contributed by atoms with Crippen LogP contribution in [0.2, 0.25) is 5.02 Å². The predicted octanol–water partition coefficient (Wildman–Crippen LogP) is 2.92. The average molecular weight is 297 g/mol. The summed E-state index contributed by atoms with van der Waals surface area (Å²) < 4.78 is 5.60. The van der Waals surface area contributed by atoms with Crippen molar-refractivity contribution >= 4 is 23.2 Å². The molecular formula is C15H21ClN2O2. The molecule has 20 heavy (non-hydrogen) atoms. The third-order valence-electron chi connectivity index (χ3n) is 3.20. The second-order valence-electron chi connectivity index (χ2n) is 5.53. The van der Waals surface area contributed by atoms with Crippen molar-refractivity contribution in [3.05, 3.63) is 23.2 Å². The van der Waals surface area contributed by atoms with E-state index < -0.39 is 0 Å². The molecule has 110 valence electrons. The summed E-state index contributed by atoms with van der Waals surface area (Å²) in [6.45, 7) is 6.44. The number of rotatable bonds is 5. The van der Waals surface area contributed by atoms with E-state index in [1.807, 2.05) is 6.07 Å². The molecule has 2 N–H and O–H groups in total. The van der Waals surface area contributed by atoms with E-state index in [0.29, 0.717) is 29.0 Å². The second-order valence-corrected chi connectivity index (χ2v) is 5.94. The number of carbonyl (C=O) groups excluding carboxylic acids is 1. The fraction of sp³-hybridized carbons (Fsp3) is 0.533. The van der Waals surface area contributed by atoms with Crippen molar-refractivity contribution < 1.29 is 9.53 Å². The van der Waals surface area contributed by atoms with Gasteiger partial charge in [0.1, 0.15) is 5.75 Å². The van der Waals surface area contributed by atoms with Crippen LogP contribution in [0.5, 0.6) is 5.75 Å². The molecule has 1 fully saturated rings. The van der Waals surface area contributed by atoms with Crippen LogP contribution in [-0.2, 0) is 4.79 Å². The fourth-order valence-electron chi connectivity index (χ4n) is 2.07.